The van der Waals surface area contributed by atoms with Gasteiger partial charge in [-0.25, -0.2) is 0 Å². The van der Waals surface area contributed by atoms with Crippen LogP contribution in [0.5, 0.6) is 5.75 Å². The van der Waals surface area contributed by atoms with Crippen molar-refractivity contribution in [1.82, 2.24) is 60.5 Å². The number of ether oxygens (including phenoxy) is 1. The molecule has 0 aliphatic carbocycles. The lowest BCUT2D eigenvalue weighted by Crippen LogP contribution is -2.61. The minimum absolute atomic E-state index is 0.0195. The zero-order chi connectivity index (χ0) is 80.3. The van der Waals surface area contributed by atoms with Crippen molar-refractivity contribution in [2.75, 3.05) is 83.1 Å². The van der Waals surface area contributed by atoms with Crippen molar-refractivity contribution < 1.29 is 72.2 Å². The molecule has 2 aromatic carbocycles. The van der Waals surface area contributed by atoms with Crippen molar-refractivity contribution in [2.24, 2.45) is 35.3 Å². The zero-order valence-electron chi connectivity index (χ0n) is 67.1. The number of aliphatic hydroxyl groups excluding tert-OH is 1. The molecule has 11 atom stereocenters. The molecule has 7 N–H and O–H groups in total. The monoisotopic (exact) mass is 1490 g/mol. The molecule has 3 rings (SSSR count). The van der Waals surface area contributed by atoms with E-state index in [-0.39, 0.29) is 85.8 Å². The number of carbonyl (C=O) groups excluding carboxylic acids is 13. The molecule has 2 aromatic rings. The molecule has 0 bridgehead atoms. The number of benzene rings is 2. The van der Waals surface area contributed by atoms with Crippen LogP contribution in [-0.2, 0) is 70.4 Å². The maximum atomic E-state index is 15.7. The summed E-state index contributed by atoms with van der Waals surface area (Å²) < 4.78 is 5.61. The van der Waals surface area contributed by atoms with Crippen molar-refractivity contribution >= 4 is 77.2 Å². The molecule has 1 fully saturated rings. The second-order valence-corrected chi connectivity index (χ2v) is 30.7. The summed E-state index contributed by atoms with van der Waals surface area (Å²) in [6.07, 6.45) is 2.11. The Morgan fingerprint density at radius 1 is 0.547 bits per heavy atom. The second kappa shape index (κ2) is 43.9. The summed E-state index contributed by atoms with van der Waals surface area (Å²) in [6, 6.07) is 1.69. The number of aliphatic hydroxyl groups is 1. The molecule has 1 aliphatic heterocycles. The molecular weight excluding hydrogens is 1360 g/mol. The quantitative estimate of drug-likeness (QED) is 0.0511. The van der Waals surface area contributed by atoms with E-state index in [1.165, 1.54) is 94.9 Å². The second-order valence-electron chi connectivity index (χ2n) is 30.7. The van der Waals surface area contributed by atoms with Gasteiger partial charge in [0.05, 0.1) is 43.8 Å². The Bertz CT molecular complexity index is 3270. The molecule has 0 unspecified atom stereocenters. The van der Waals surface area contributed by atoms with Gasteiger partial charge in [0.2, 0.25) is 65.0 Å². The van der Waals surface area contributed by atoms with E-state index in [0.717, 1.165) is 29.1 Å². The van der Waals surface area contributed by atoms with Crippen molar-refractivity contribution in [3.63, 3.8) is 0 Å². The standard InChI is InChI=1S/C78H127N13O15/c1-22-55(46-92)85(15)66(94)44-59(75(102)91-35-27-24-28-36-91)82-70(97)60(38-48(4)5)86(16)67(95)45-84(14)78(105)68(52(12)93)83-72(99)61(39-49(6)7)87(17)77(104)64(41-51(10)11)90(20)74(101)58(34-32-54-31-33-56(69(96)80-13)65(43-54)106-21)81-71(98)62(42-53-29-25-23-26-30-53)88(18)76(103)63(40-50(8)9)89(19)73(100)57(79)37-47(2)3/h23,25-26,29-31,33,43,46-52,55,57-64,68,93H,22,24,27-28,32,34-42,44-45,79H2,1-21H3,(H,80,96)(H,81,98)(H,82,97)(H,83,99)/t52-,55+,57+,58-,59+,60+,61+,62+,63+,64+,68+/m1/s1. The molecule has 0 aromatic heterocycles. The van der Waals surface area contributed by atoms with Crippen LogP contribution in [0.3, 0.4) is 0 Å². The predicted octanol–water partition coefficient (Wildman–Crippen LogP) is 4.05. The van der Waals surface area contributed by atoms with Crippen LogP contribution in [0.15, 0.2) is 48.5 Å². The number of likely N-dealkylation sites (N-methyl/N-ethyl adjacent to an activating group) is 7. The molecule has 28 nitrogen and oxygen atoms in total. The molecule has 12 amide bonds. The third kappa shape index (κ3) is 27.1. The van der Waals surface area contributed by atoms with Crippen LogP contribution in [0.1, 0.15) is 175 Å². The highest BCUT2D eigenvalue weighted by Gasteiger charge is 2.43. The highest BCUT2D eigenvalue weighted by Crippen LogP contribution is 2.26. The van der Waals surface area contributed by atoms with Crippen LogP contribution in [-0.4, -0.2) is 271 Å². The van der Waals surface area contributed by atoms with Gasteiger partial charge in [-0.3, -0.25) is 57.5 Å². The molecule has 594 valence electrons. The number of hydrogen-bond acceptors (Lipinski definition) is 16. The number of aryl methyl sites for hydroxylation is 1. The van der Waals surface area contributed by atoms with Gasteiger partial charge >= 0.3 is 0 Å². The summed E-state index contributed by atoms with van der Waals surface area (Å²) in [4.78, 5) is 196. The molecule has 106 heavy (non-hydrogen) atoms. The number of nitrogens with two attached hydrogens (primary N) is 1. The third-order valence-corrected chi connectivity index (χ3v) is 19.7. The van der Waals surface area contributed by atoms with Gasteiger partial charge in [-0.05, 0) is 130 Å². The number of piperidine rings is 1. The number of rotatable bonds is 42. The normalized spacial score (nSPS) is 15.5. The third-order valence-electron chi connectivity index (χ3n) is 19.7. The number of carbonyl (C=O) groups is 13. The van der Waals surface area contributed by atoms with E-state index in [1.807, 2.05) is 75.3 Å². The molecule has 0 saturated carbocycles. The molecule has 1 saturated heterocycles. The maximum Gasteiger partial charge on any atom is 0.254 e. The van der Waals surface area contributed by atoms with E-state index in [1.54, 1.807) is 54.3 Å². The van der Waals surface area contributed by atoms with Crippen LogP contribution in [0.2, 0.25) is 0 Å². The average molecular weight is 1490 g/mol. The first-order valence-corrected chi connectivity index (χ1v) is 37.5. The van der Waals surface area contributed by atoms with E-state index in [4.69, 9.17) is 10.5 Å². The average Bonchev–Trinajstić information content (AvgIpc) is 0.817. The van der Waals surface area contributed by atoms with E-state index >= 15 is 19.2 Å². The minimum atomic E-state index is -1.69. The Morgan fingerprint density at radius 2 is 1.02 bits per heavy atom. The summed E-state index contributed by atoms with van der Waals surface area (Å²) in [5.41, 5.74) is 7.96. The number of nitrogens with one attached hydrogen (secondary N) is 4. The summed E-state index contributed by atoms with van der Waals surface area (Å²) in [5, 5.41) is 22.3. The number of amides is 12. The van der Waals surface area contributed by atoms with Gasteiger partial charge in [0.25, 0.3) is 5.91 Å². The fourth-order valence-electron chi connectivity index (χ4n) is 13.2. The first-order valence-electron chi connectivity index (χ1n) is 37.5. The number of aldehydes is 1. The Labute approximate surface area is 629 Å². The lowest BCUT2D eigenvalue weighted by Gasteiger charge is -2.38. The highest BCUT2D eigenvalue weighted by molar-refractivity contribution is 6.00. The number of likely N-dealkylation sites (tertiary alicyclic amines) is 1. The number of hydrogen-bond donors (Lipinski definition) is 6. The van der Waals surface area contributed by atoms with Gasteiger partial charge < -0.3 is 80.8 Å². The first-order chi connectivity index (χ1) is 49.7. The van der Waals surface area contributed by atoms with Crippen molar-refractivity contribution in [2.45, 2.75) is 233 Å². The zero-order valence-corrected chi connectivity index (χ0v) is 67.1. The van der Waals surface area contributed by atoms with Gasteiger partial charge in [-0.15, -0.1) is 0 Å². The van der Waals surface area contributed by atoms with Gasteiger partial charge in [0.15, 0.2) is 0 Å². The van der Waals surface area contributed by atoms with E-state index < -0.39 is 150 Å². The Hall–Kier alpha value is -8.53. The molecule has 0 radical (unpaired) electrons. The Kier molecular flexibility index (Phi) is 38.0. The largest absolute Gasteiger partial charge is 0.496 e. The summed E-state index contributed by atoms with van der Waals surface area (Å²) in [6.45, 7) is 21.9. The SMILES string of the molecule is CC[C@@H](C=O)N(C)C(=O)C[C@H](NC(=O)[C@H](CC(C)C)N(C)C(=O)CN(C)C(=O)[C@@H](NC(=O)[C@H](CC(C)C)N(C)C(=O)[C@H](CC(C)C)N(C)C(=O)[C@@H](CCc1ccc(C(=O)NC)c(OC)c1)NC(=O)[C@H](Cc1ccccc1)N(C)C(=O)[C@H](CC(C)C)N(C)C(=O)[C@@H](N)CC(C)C)[C@@H](C)O)C(=O)N1CCCCC1. The fraction of sp³-hybridized carbons (Fsp3) is 0.679. The molecule has 1 heterocycles. The first kappa shape index (κ1) is 91.7. The van der Waals surface area contributed by atoms with Crippen LogP contribution in [0.4, 0.5) is 0 Å². The highest BCUT2D eigenvalue weighted by atomic mass is 16.5. The van der Waals surface area contributed by atoms with E-state index in [9.17, 15) is 48.3 Å². The molecular formula is C78H127N13O15. The Balaban J connectivity index is 2.09. The van der Waals surface area contributed by atoms with Crippen LogP contribution in [0.25, 0.3) is 0 Å². The summed E-state index contributed by atoms with van der Waals surface area (Å²) >= 11 is 0. The minimum Gasteiger partial charge on any atom is -0.496 e. The summed E-state index contributed by atoms with van der Waals surface area (Å²) in [5.74, 6) is -8.17. The number of nitrogens with zero attached hydrogens (tertiary/aromatic N) is 8. The lowest BCUT2D eigenvalue weighted by atomic mass is 9.96. The predicted molar refractivity (Wildman–Crippen MR) is 406 cm³/mol. The lowest BCUT2D eigenvalue weighted by molar-refractivity contribution is -0.151. The van der Waals surface area contributed by atoms with Crippen molar-refractivity contribution in [3.05, 3.63) is 65.2 Å². The Morgan fingerprint density at radius 3 is 1.51 bits per heavy atom. The summed E-state index contributed by atoms with van der Waals surface area (Å²) in [7, 11) is 12.8. The molecule has 28 heteroatoms. The topological polar surface area (TPSA) is 351 Å². The van der Waals surface area contributed by atoms with Crippen LogP contribution >= 0.6 is 0 Å². The van der Waals surface area contributed by atoms with E-state index in [2.05, 4.69) is 21.3 Å². The van der Waals surface area contributed by atoms with Crippen LogP contribution in [0, 0.1) is 29.6 Å². The van der Waals surface area contributed by atoms with E-state index in [0.29, 0.717) is 43.3 Å². The van der Waals surface area contributed by atoms with Crippen LogP contribution < -0.4 is 31.7 Å². The smallest absolute Gasteiger partial charge is 0.254 e. The van der Waals surface area contributed by atoms with Gasteiger partial charge in [0, 0.05) is 75.9 Å². The van der Waals surface area contributed by atoms with Gasteiger partial charge in [-0.1, -0.05) is 113 Å². The van der Waals surface area contributed by atoms with Crippen molar-refractivity contribution in [3.8, 4) is 5.75 Å². The maximum absolute atomic E-state index is 15.7. The molecule has 0 spiro atoms. The van der Waals surface area contributed by atoms with Gasteiger partial charge in [0.1, 0.15) is 60.4 Å². The fourth-order valence-corrected chi connectivity index (χ4v) is 13.2. The van der Waals surface area contributed by atoms with Gasteiger partial charge in [-0.2, -0.15) is 0 Å². The van der Waals surface area contributed by atoms with Crippen molar-refractivity contribution in [1.29, 1.82) is 0 Å². The molecule has 1 aliphatic rings. The number of methoxy groups -OCH3 is 1.